The molecule has 1 heterocycles. The maximum atomic E-state index is 13.9. The molecule has 5 nitrogen and oxygen atoms in total. The third-order valence-corrected chi connectivity index (χ3v) is 4.68. The van der Waals surface area contributed by atoms with Gasteiger partial charge in [0, 0.05) is 5.02 Å². The fourth-order valence-electron chi connectivity index (χ4n) is 2.62. The molecule has 3 rings (SSSR count). The van der Waals surface area contributed by atoms with Crippen LogP contribution in [0.1, 0.15) is 21.5 Å². The Morgan fingerprint density at radius 1 is 1.14 bits per heavy atom. The maximum Gasteiger partial charge on any atom is 0.465 e. The monoisotopic (exact) mass is 430 g/mol. The Labute approximate surface area is 167 Å². The van der Waals surface area contributed by atoms with Gasteiger partial charge in [0.05, 0.1) is 16.1 Å². The molecule has 0 aromatic heterocycles. The Kier molecular flexibility index (Phi) is 5.12. The van der Waals surface area contributed by atoms with Crippen molar-refractivity contribution in [2.24, 2.45) is 0 Å². The number of alkyl halides is 3. The zero-order valence-corrected chi connectivity index (χ0v) is 15.8. The van der Waals surface area contributed by atoms with Gasteiger partial charge in [-0.05, 0) is 37.3 Å². The second-order valence-corrected chi connectivity index (χ2v) is 6.99. The van der Waals surface area contributed by atoms with E-state index in [4.69, 9.17) is 23.2 Å². The number of amides is 2. The number of carbonyl (C=O) groups excluding carboxylic acids is 2. The summed E-state index contributed by atoms with van der Waals surface area (Å²) in [6.45, 7) is 1.81. The van der Waals surface area contributed by atoms with Crippen molar-refractivity contribution < 1.29 is 27.8 Å². The molecule has 1 atom stereocenters. The fourth-order valence-corrected chi connectivity index (χ4v) is 3.11. The first-order valence-corrected chi connectivity index (χ1v) is 8.67. The molecule has 0 saturated carbocycles. The molecular formula is C18H13Cl2F3N3O2+. The van der Waals surface area contributed by atoms with Crippen molar-refractivity contribution >= 4 is 40.9 Å². The molecule has 0 fully saturated rings. The van der Waals surface area contributed by atoms with Gasteiger partial charge in [0.25, 0.3) is 11.7 Å². The minimum Gasteiger partial charge on any atom is -0.293 e. The largest absolute Gasteiger partial charge is 0.465 e. The molecule has 146 valence electrons. The number of amidine groups is 1. The molecular weight excluding hydrogens is 418 g/mol. The lowest BCUT2D eigenvalue weighted by Crippen LogP contribution is -2.96. The summed E-state index contributed by atoms with van der Waals surface area (Å²) in [5, 5.41) is 3.94. The van der Waals surface area contributed by atoms with Gasteiger partial charge in [-0.1, -0.05) is 40.9 Å². The number of hydrogen-bond donors (Lipinski definition) is 3. The molecule has 2 aromatic carbocycles. The van der Waals surface area contributed by atoms with Gasteiger partial charge in [-0.15, -0.1) is 0 Å². The average Bonchev–Trinajstić information content (AvgIpc) is 2.93. The first kappa shape index (κ1) is 20.2. The normalized spacial score (nSPS) is 19.2. The zero-order chi connectivity index (χ0) is 20.7. The molecule has 1 unspecified atom stereocenters. The molecule has 2 aromatic rings. The van der Waals surface area contributed by atoms with Crippen LogP contribution in [-0.2, 0) is 4.79 Å². The van der Waals surface area contributed by atoms with E-state index in [1.165, 1.54) is 18.2 Å². The first-order valence-electron chi connectivity index (χ1n) is 7.91. The first-order chi connectivity index (χ1) is 13.0. The molecule has 10 heteroatoms. The standard InChI is InChI=1S/C18H12Cl2F3N3O2/c1-9-2-4-10(5-3-9)14-24-16(28)17(25-14,18(21,22)23)26-15(27)12-7-6-11(19)8-13(12)20/h2-8H,1H3,(H,26,27)(H,24,25,28)/p+1. The van der Waals surface area contributed by atoms with E-state index in [9.17, 15) is 22.8 Å². The van der Waals surface area contributed by atoms with E-state index in [1.54, 1.807) is 29.6 Å². The predicted molar refractivity (Wildman–Crippen MR) is 97.1 cm³/mol. The minimum atomic E-state index is -5.14. The van der Waals surface area contributed by atoms with Crippen LogP contribution in [0.3, 0.4) is 0 Å². The summed E-state index contributed by atoms with van der Waals surface area (Å²) >= 11 is 11.6. The van der Waals surface area contributed by atoms with Crippen LogP contribution in [0.5, 0.6) is 0 Å². The van der Waals surface area contributed by atoms with Crippen LogP contribution in [-0.4, -0.2) is 29.5 Å². The highest BCUT2D eigenvalue weighted by atomic mass is 35.5. The Morgan fingerprint density at radius 3 is 2.36 bits per heavy atom. The molecule has 0 spiro atoms. The number of hydrogen-bond acceptors (Lipinski definition) is 2. The van der Waals surface area contributed by atoms with Crippen LogP contribution >= 0.6 is 23.2 Å². The molecule has 1 aliphatic rings. The van der Waals surface area contributed by atoms with Gasteiger partial charge in [0.15, 0.2) is 0 Å². The third kappa shape index (κ3) is 3.57. The predicted octanol–water partition coefficient (Wildman–Crippen LogP) is 1.95. The summed E-state index contributed by atoms with van der Waals surface area (Å²) in [6.07, 6.45) is -5.14. The molecule has 2 amide bonds. The average molecular weight is 431 g/mol. The van der Waals surface area contributed by atoms with Crippen molar-refractivity contribution in [1.82, 2.24) is 10.6 Å². The van der Waals surface area contributed by atoms with Crippen molar-refractivity contribution in [1.29, 1.82) is 0 Å². The quantitative estimate of drug-likeness (QED) is 0.696. The topological polar surface area (TPSA) is 72.2 Å². The number of nitrogens with one attached hydrogen (secondary N) is 3. The van der Waals surface area contributed by atoms with Gasteiger partial charge in [0.1, 0.15) is 0 Å². The second kappa shape index (κ2) is 7.10. The molecule has 0 radical (unpaired) electrons. The third-order valence-electron chi connectivity index (χ3n) is 4.13. The summed E-state index contributed by atoms with van der Waals surface area (Å²) in [7, 11) is 0. The Balaban J connectivity index is 2.02. The Bertz CT molecular complexity index is 991. The van der Waals surface area contributed by atoms with Crippen LogP contribution in [0.4, 0.5) is 13.2 Å². The molecule has 0 aliphatic carbocycles. The van der Waals surface area contributed by atoms with E-state index in [0.29, 0.717) is 5.56 Å². The number of rotatable bonds is 3. The highest BCUT2D eigenvalue weighted by molar-refractivity contribution is 6.36. The smallest absolute Gasteiger partial charge is 0.293 e. The molecule has 1 aliphatic heterocycles. The minimum absolute atomic E-state index is 0.150. The van der Waals surface area contributed by atoms with Crippen LogP contribution in [0.15, 0.2) is 42.5 Å². The molecule has 3 N–H and O–H groups in total. The van der Waals surface area contributed by atoms with Crippen LogP contribution < -0.4 is 15.6 Å². The van der Waals surface area contributed by atoms with E-state index in [1.807, 2.05) is 6.92 Å². The molecule has 0 saturated heterocycles. The lowest BCUT2D eigenvalue weighted by Gasteiger charge is -2.23. The lowest BCUT2D eigenvalue weighted by atomic mass is 10.1. The summed E-state index contributed by atoms with van der Waals surface area (Å²) in [4.78, 5) is 26.9. The highest BCUT2D eigenvalue weighted by Gasteiger charge is 2.70. The van der Waals surface area contributed by atoms with Gasteiger partial charge in [-0.3, -0.25) is 10.1 Å². The molecule has 0 bridgehead atoms. The maximum absolute atomic E-state index is 13.9. The van der Waals surface area contributed by atoms with E-state index >= 15 is 0 Å². The van der Waals surface area contributed by atoms with Crippen molar-refractivity contribution in [2.75, 3.05) is 0 Å². The zero-order valence-electron chi connectivity index (χ0n) is 14.2. The lowest BCUT2D eigenvalue weighted by molar-refractivity contribution is -0.580. The van der Waals surface area contributed by atoms with Gasteiger partial charge in [-0.25, -0.2) is 15.1 Å². The summed E-state index contributed by atoms with van der Waals surface area (Å²) in [6, 6.07) is 10.1. The van der Waals surface area contributed by atoms with Crippen molar-refractivity contribution in [3.05, 3.63) is 69.2 Å². The van der Waals surface area contributed by atoms with E-state index in [-0.39, 0.29) is 21.4 Å². The van der Waals surface area contributed by atoms with E-state index in [2.05, 4.69) is 10.3 Å². The van der Waals surface area contributed by atoms with Crippen molar-refractivity contribution in [3.8, 4) is 0 Å². The number of halogens is 5. The highest BCUT2D eigenvalue weighted by Crippen LogP contribution is 2.28. The summed E-state index contributed by atoms with van der Waals surface area (Å²) in [5.41, 5.74) is -2.40. The molecule has 28 heavy (non-hydrogen) atoms. The van der Waals surface area contributed by atoms with Crippen LogP contribution in [0, 0.1) is 6.92 Å². The van der Waals surface area contributed by atoms with E-state index < -0.39 is 23.7 Å². The second-order valence-electron chi connectivity index (χ2n) is 6.15. The van der Waals surface area contributed by atoms with Crippen LogP contribution in [0.2, 0.25) is 10.0 Å². The summed E-state index contributed by atoms with van der Waals surface area (Å²) < 4.78 is 41.6. The number of carbonyl (C=O) groups is 2. The van der Waals surface area contributed by atoms with Crippen molar-refractivity contribution in [2.45, 2.75) is 18.8 Å². The van der Waals surface area contributed by atoms with Crippen LogP contribution in [0.25, 0.3) is 0 Å². The Morgan fingerprint density at radius 2 is 1.79 bits per heavy atom. The summed E-state index contributed by atoms with van der Waals surface area (Å²) in [5.74, 6) is -2.83. The van der Waals surface area contributed by atoms with Gasteiger partial charge in [-0.2, -0.15) is 13.2 Å². The number of aryl methyl sites for hydroxylation is 1. The van der Waals surface area contributed by atoms with Gasteiger partial charge in [0.2, 0.25) is 0 Å². The number of benzene rings is 2. The van der Waals surface area contributed by atoms with Gasteiger partial charge < -0.3 is 0 Å². The van der Waals surface area contributed by atoms with Crippen molar-refractivity contribution in [3.63, 3.8) is 0 Å². The SMILES string of the molecule is Cc1ccc(C2=[NH+]C(NC(=O)c3ccc(Cl)cc3Cl)(C(F)(F)F)C(=O)N2)cc1. The van der Waals surface area contributed by atoms with E-state index in [0.717, 1.165) is 5.56 Å². The Hall–Kier alpha value is -2.58. The fraction of sp³-hybridized carbons (Fsp3) is 0.167. The van der Waals surface area contributed by atoms with Gasteiger partial charge >= 0.3 is 17.7 Å².